The molecular formula is C21H25F2NO4S. The number of nitrogens with zero attached hydrogens (tertiary/aromatic N) is 1. The molecule has 1 aliphatic heterocycles. The van der Waals surface area contributed by atoms with Crippen molar-refractivity contribution in [1.29, 1.82) is 0 Å². The van der Waals surface area contributed by atoms with Crippen molar-refractivity contribution in [3.8, 4) is 0 Å². The Hall–Kier alpha value is -1.87. The van der Waals surface area contributed by atoms with Crippen molar-refractivity contribution >= 4 is 10.0 Å². The quantitative estimate of drug-likeness (QED) is 0.746. The normalized spacial score (nSPS) is 22.1. The van der Waals surface area contributed by atoms with Gasteiger partial charge in [0.05, 0.1) is 13.2 Å². The van der Waals surface area contributed by atoms with Gasteiger partial charge < -0.3 is 10.2 Å². The monoisotopic (exact) mass is 425 g/mol. The minimum atomic E-state index is -3.77. The molecule has 0 aromatic heterocycles. The summed E-state index contributed by atoms with van der Waals surface area (Å²) >= 11 is 0. The maximum atomic E-state index is 14.7. The Labute approximate surface area is 169 Å². The van der Waals surface area contributed by atoms with Crippen LogP contribution in [0.3, 0.4) is 0 Å². The lowest BCUT2D eigenvalue weighted by atomic mass is 9.98. The molecule has 2 atom stereocenters. The summed E-state index contributed by atoms with van der Waals surface area (Å²) in [4.78, 5) is 0. The van der Waals surface area contributed by atoms with Gasteiger partial charge in [-0.1, -0.05) is 30.3 Å². The van der Waals surface area contributed by atoms with Crippen LogP contribution in [-0.4, -0.2) is 42.2 Å². The van der Waals surface area contributed by atoms with Gasteiger partial charge in [0.15, 0.2) is 0 Å². The van der Waals surface area contributed by atoms with E-state index in [0.29, 0.717) is 18.4 Å². The summed E-state index contributed by atoms with van der Waals surface area (Å²) in [6.07, 6.45) is 1.08. The Morgan fingerprint density at radius 2 is 1.72 bits per heavy atom. The first-order chi connectivity index (χ1) is 13.8. The number of hydrogen-bond donors (Lipinski definition) is 2. The van der Waals surface area contributed by atoms with E-state index in [1.165, 1.54) is 4.31 Å². The molecule has 158 valence electrons. The molecule has 1 aliphatic rings. The van der Waals surface area contributed by atoms with Crippen molar-refractivity contribution in [3.63, 3.8) is 0 Å². The van der Waals surface area contributed by atoms with Crippen LogP contribution in [0.4, 0.5) is 8.78 Å². The minimum absolute atomic E-state index is 0.0787. The van der Waals surface area contributed by atoms with Crippen molar-refractivity contribution in [3.05, 3.63) is 70.8 Å². The first kappa shape index (κ1) is 21.8. The van der Waals surface area contributed by atoms with Crippen LogP contribution >= 0.6 is 0 Å². The molecule has 8 heteroatoms. The molecule has 0 saturated carbocycles. The molecule has 3 rings (SSSR count). The first-order valence-corrected chi connectivity index (χ1v) is 11.0. The van der Waals surface area contributed by atoms with E-state index in [0.717, 1.165) is 12.1 Å². The molecule has 0 aliphatic carbocycles. The number of halogens is 2. The van der Waals surface area contributed by atoms with E-state index in [2.05, 4.69) is 0 Å². The van der Waals surface area contributed by atoms with Crippen LogP contribution < -0.4 is 0 Å². The van der Waals surface area contributed by atoms with E-state index in [-0.39, 0.29) is 23.7 Å². The SMILES string of the molecule is C[C@H]1CCC(c2ccccc2)S(=O)(=O)N1Cc1cc(F)c(C(CO)CO)cc1F. The average Bonchev–Trinajstić information content (AvgIpc) is 2.69. The van der Waals surface area contributed by atoms with Gasteiger partial charge >= 0.3 is 0 Å². The van der Waals surface area contributed by atoms with Gasteiger partial charge in [0.2, 0.25) is 10.0 Å². The Kier molecular flexibility index (Phi) is 6.68. The lowest BCUT2D eigenvalue weighted by Gasteiger charge is -2.37. The number of aliphatic hydroxyl groups is 2. The zero-order valence-electron chi connectivity index (χ0n) is 16.1. The predicted molar refractivity (Wildman–Crippen MR) is 106 cm³/mol. The summed E-state index contributed by atoms with van der Waals surface area (Å²) < 4.78 is 56.9. The Bertz CT molecular complexity index is 949. The van der Waals surface area contributed by atoms with Gasteiger partial charge in [0, 0.05) is 24.1 Å². The lowest BCUT2D eigenvalue weighted by molar-refractivity contribution is 0.190. The zero-order valence-corrected chi connectivity index (χ0v) is 16.9. The maximum absolute atomic E-state index is 14.7. The minimum Gasteiger partial charge on any atom is -0.396 e. The molecule has 2 aromatic rings. The van der Waals surface area contributed by atoms with Crippen molar-refractivity contribution in [2.45, 2.75) is 43.5 Å². The standard InChI is InChI=1S/C21H25F2NO4S/c1-14-7-8-21(15-5-3-2-4-6-15)29(27,28)24(14)11-16-9-20(23)18(10-19(16)22)17(12-25)13-26/h2-6,9-10,14,17,21,25-26H,7-8,11-13H2,1H3/t14-,21?/m0/s1. The highest BCUT2D eigenvalue weighted by atomic mass is 32.2. The molecule has 2 aromatic carbocycles. The summed E-state index contributed by atoms with van der Waals surface area (Å²) in [5.41, 5.74) is 0.470. The summed E-state index contributed by atoms with van der Waals surface area (Å²) in [7, 11) is -3.77. The van der Waals surface area contributed by atoms with E-state index < -0.39 is 46.0 Å². The molecule has 1 unspecified atom stereocenters. The van der Waals surface area contributed by atoms with E-state index in [9.17, 15) is 27.4 Å². The topological polar surface area (TPSA) is 77.8 Å². The zero-order chi connectivity index (χ0) is 21.2. The van der Waals surface area contributed by atoms with Crippen LogP contribution in [0.15, 0.2) is 42.5 Å². The summed E-state index contributed by atoms with van der Waals surface area (Å²) in [6.45, 7) is 0.429. The molecule has 0 amide bonds. The van der Waals surface area contributed by atoms with Crippen LogP contribution in [0, 0.1) is 11.6 Å². The highest BCUT2D eigenvalue weighted by Crippen LogP contribution is 2.38. The number of aliphatic hydroxyl groups excluding tert-OH is 2. The second-order valence-electron chi connectivity index (χ2n) is 7.44. The van der Waals surface area contributed by atoms with Gasteiger partial charge in [0.1, 0.15) is 16.9 Å². The third kappa shape index (κ3) is 4.35. The molecule has 2 N–H and O–H groups in total. The van der Waals surface area contributed by atoms with Crippen molar-refractivity contribution in [1.82, 2.24) is 4.31 Å². The lowest BCUT2D eigenvalue weighted by Crippen LogP contribution is -2.44. The fraction of sp³-hybridized carbons (Fsp3) is 0.429. The summed E-state index contributed by atoms with van der Waals surface area (Å²) in [6, 6.07) is 10.4. The van der Waals surface area contributed by atoms with Crippen LogP contribution in [-0.2, 0) is 16.6 Å². The molecular weight excluding hydrogens is 400 g/mol. The number of rotatable bonds is 6. The van der Waals surface area contributed by atoms with Gasteiger partial charge in [-0.3, -0.25) is 0 Å². The van der Waals surface area contributed by atoms with Crippen LogP contribution in [0.2, 0.25) is 0 Å². The van der Waals surface area contributed by atoms with Crippen molar-refractivity contribution in [2.75, 3.05) is 13.2 Å². The molecule has 0 spiro atoms. The van der Waals surface area contributed by atoms with E-state index in [4.69, 9.17) is 0 Å². The fourth-order valence-electron chi connectivity index (χ4n) is 3.81. The second-order valence-corrected chi connectivity index (χ2v) is 9.51. The highest BCUT2D eigenvalue weighted by Gasteiger charge is 2.40. The number of benzene rings is 2. The fourth-order valence-corrected chi connectivity index (χ4v) is 6.00. The van der Waals surface area contributed by atoms with Gasteiger partial charge in [0.25, 0.3) is 0 Å². The Morgan fingerprint density at radius 3 is 2.34 bits per heavy atom. The first-order valence-electron chi connectivity index (χ1n) is 9.54. The molecule has 29 heavy (non-hydrogen) atoms. The summed E-state index contributed by atoms with van der Waals surface area (Å²) in [5.74, 6) is -2.48. The molecule has 1 saturated heterocycles. The van der Waals surface area contributed by atoms with E-state index in [1.54, 1.807) is 31.2 Å². The number of hydrogen-bond acceptors (Lipinski definition) is 4. The van der Waals surface area contributed by atoms with E-state index >= 15 is 0 Å². The smallest absolute Gasteiger partial charge is 0.221 e. The predicted octanol–water partition coefficient (Wildman–Crippen LogP) is 3.09. The maximum Gasteiger partial charge on any atom is 0.221 e. The van der Waals surface area contributed by atoms with Gasteiger partial charge in [-0.15, -0.1) is 0 Å². The Balaban J connectivity index is 1.93. The van der Waals surface area contributed by atoms with Crippen molar-refractivity contribution in [2.24, 2.45) is 0 Å². The average molecular weight is 425 g/mol. The number of sulfonamides is 1. The molecule has 0 bridgehead atoms. The second kappa shape index (κ2) is 8.87. The van der Waals surface area contributed by atoms with Crippen molar-refractivity contribution < 1.29 is 27.4 Å². The molecule has 0 radical (unpaired) electrons. The largest absolute Gasteiger partial charge is 0.396 e. The molecule has 1 heterocycles. The van der Waals surface area contributed by atoms with Gasteiger partial charge in [-0.05, 0) is 43.0 Å². The highest BCUT2D eigenvalue weighted by molar-refractivity contribution is 7.89. The van der Waals surface area contributed by atoms with Crippen LogP contribution in [0.25, 0.3) is 0 Å². The third-order valence-electron chi connectivity index (χ3n) is 5.57. The van der Waals surface area contributed by atoms with Gasteiger partial charge in [-0.2, -0.15) is 4.31 Å². The van der Waals surface area contributed by atoms with Crippen LogP contribution in [0.5, 0.6) is 0 Å². The molecule has 5 nitrogen and oxygen atoms in total. The summed E-state index contributed by atoms with van der Waals surface area (Å²) in [5, 5.41) is 17.7. The van der Waals surface area contributed by atoms with E-state index in [1.807, 2.05) is 6.07 Å². The van der Waals surface area contributed by atoms with Gasteiger partial charge in [-0.25, -0.2) is 17.2 Å². The third-order valence-corrected chi connectivity index (χ3v) is 7.94. The molecule has 1 fully saturated rings. The van der Waals surface area contributed by atoms with Crippen LogP contribution in [0.1, 0.15) is 47.6 Å². The Morgan fingerprint density at radius 1 is 1.07 bits per heavy atom.